The average Bonchev–Trinajstić information content (AvgIpc) is 2.80. The van der Waals surface area contributed by atoms with Gasteiger partial charge in [-0.25, -0.2) is 4.79 Å². The van der Waals surface area contributed by atoms with E-state index >= 15 is 0 Å². The van der Waals surface area contributed by atoms with Crippen molar-refractivity contribution in [3.8, 4) is 0 Å². The Balaban J connectivity index is 1.59. The smallest absolute Gasteiger partial charge is 0.338 e. The second-order valence-electron chi connectivity index (χ2n) is 7.31. The topological polar surface area (TPSA) is 105 Å². The van der Waals surface area contributed by atoms with Crippen molar-refractivity contribution in [3.63, 3.8) is 0 Å². The largest absolute Gasteiger partial charge is 0.462 e. The van der Waals surface area contributed by atoms with Gasteiger partial charge in [0.25, 0.3) is 5.69 Å². The molecule has 1 N–H and O–H groups in total. The number of hydrogen-bond acceptors (Lipinski definition) is 7. The Morgan fingerprint density at radius 2 is 1.82 bits per heavy atom. The molecule has 0 saturated carbocycles. The van der Waals surface area contributed by atoms with Crippen LogP contribution in [0.5, 0.6) is 0 Å². The molecule has 174 valence electrons. The first-order valence-corrected chi connectivity index (χ1v) is 11.1. The first-order chi connectivity index (χ1) is 15.8. The lowest BCUT2D eigenvalue weighted by molar-refractivity contribution is -0.384. The van der Waals surface area contributed by atoms with Gasteiger partial charge in [-0.1, -0.05) is 23.7 Å². The maximum atomic E-state index is 12.3. The second-order valence-corrected chi connectivity index (χ2v) is 8.13. The molecule has 1 aliphatic heterocycles. The standard InChI is InChI=1S/C22H23ClN4O5S/c1-2-32-21(29)16-5-8-18(19(14-16)27(30)31)25-9-11-26(12-10-25)22(33)24-20(28)13-15-3-6-17(23)7-4-15/h3-8,14H,2,9-13H2,1H3,(H,24,28,33). The number of amides is 1. The van der Waals surface area contributed by atoms with Crippen molar-refractivity contribution in [2.45, 2.75) is 13.3 Å². The third-order valence-corrected chi connectivity index (χ3v) is 5.73. The van der Waals surface area contributed by atoms with Crippen LogP contribution in [-0.2, 0) is 16.0 Å². The van der Waals surface area contributed by atoms with Gasteiger partial charge in [-0.05, 0) is 49.0 Å². The number of hydrogen-bond donors (Lipinski definition) is 1. The molecule has 33 heavy (non-hydrogen) atoms. The monoisotopic (exact) mass is 490 g/mol. The zero-order valence-corrected chi connectivity index (χ0v) is 19.5. The molecular weight excluding hydrogens is 468 g/mol. The van der Waals surface area contributed by atoms with Gasteiger partial charge in [0.2, 0.25) is 5.91 Å². The molecule has 0 bridgehead atoms. The first kappa shape index (κ1) is 24.4. The highest BCUT2D eigenvalue weighted by atomic mass is 35.5. The highest BCUT2D eigenvalue weighted by molar-refractivity contribution is 7.80. The van der Waals surface area contributed by atoms with Crippen LogP contribution in [0.1, 0.15) is 22.8 Å². The minimum Gasteiger partial charge on any atom is -0.462 e. The first-order valence-electron chi connectivity index (χ1n) is 10.3. The van der Waals surface area contributed by atoms with Crippen LogP contribution in [0.4, 0.5) is 11.4 Å². The van der Waals surface area contributed by atoms with E-state index in [1.165, 1.54) is 12.1 Å². The van der Waals surface area contributed by atoms with Crippen LogP contribution < -0.4 is 10.2 Å². The summed E-state index contributed by atoms with van der Waals surface area (Å²) in [5.41, 5.74) is 1.22. The third-order valence-electron chi connectivity index (χ3n) is 5.12. The minimum atomic E-state index is -0.600. The molecule has 0 atom stereocenters. The number of ether oxygens (including phenoxy) is 1. The molecule has 0 radical (unpaired) electrons. The summed E-state index contributed by atoms with van der Waals surface area (Å²) >= 11 is 11.2. The number of nitrogens with one attached hydrogen (secondary N) is 1. The van der Waals surface area contributed by atoms with Crippen molar-refractivity contribution in [2.75, 3.05) is 37.7 Å². The predicted molar refractivity (Wildman–Crippen MR) is 129 cm³/mol. The number of thiocarbonyl (C=S) groups is 1. The molecule has 1 saturated heterocycles. The molecule has 0 aromatic heterocycles. The summed E-state index contributed by atoms with van der Waals surface area (Å²) < 4.78 is 4.93. The summed E-state index contributed by atoms with van der Waals surface area (Å²) in [6.45, 7) is 3.75. The van der Waals surface area contributed by atoms with Gasteiger partial charge in [-0.15, -0.1) is 0 Å². The van der Waals surface area contributed by atoms with Crippen LogP contribution in [0, 0.1) is 10.1 Å². The normalized spacial score (nSPS) is 13.4. The Labute approximate surface area is 201 Å². The Kier molecular flexibility index (Phi) is 8.18. The van der Waals surface area contributed by atoms with Crippen LogP contribution in [0.25, 0.3) is 0 Å². The maximum absolute atomic E-state index is 12.3. The number of halogens is 1. The summed E-state index contributed by atoms with van der Waals surface area (Å²) in [6, 6.07) is 11.3. The number of piperazine rings is 1. The van der Waals surface area contributed by atoms with E-state index in [9.17, 15) is 19.7 Å². The van der Waals surface area contributed by atoms with Crippen LogP contribution in [0.3, 0.4) is 0 Å². The van der Waals surface area contributed by atoms with Crippen molar-refractivity contribution in [1.29, 1.82) is 0 Å². The highest BCUT2D eigenvalue weighted by Gasteiger charge is 2.26. The third kappa shape index (κ3) is 6.39. The molecule has 1 amide bonds. The number of rotatable bonds is 6. The molecule has 1 aliphatic rings. The molecule has 1 heterocycles. The lowest BCUT2D eigenvalue weighted by atomic mass is 10.1. The predicted octanol–water partition coefficient (Wildman–Crippen LogP) is 3.19. The zero-order chi connectivity index (χ0) is 24.0. The lowest BCUT2D eigenvalue weighted by Gasteiger charge is -2.37. The molecular formula is C22H23ClN4O5S. The number of anilines is 1. The number of carbonyl (C=O) groups excluding carboxylic acids is 2. The zero-order valence-electron chi connectivity index (χ0n) is 18.0. The Morgan fingerprint density at radius 1 is 1.15 bits per heavy atom. The molecule has 0 spiro atoms. The quantitative estimate of drug-likeness (QED) is 0.285. The second kappa shape index (κ2) is 11.1. The SMILES string of the molecule is CCOC(=O)c1ccc(N2CCN(C(=S)NC(=O)Cc3ccc(Cl)cc3)CC2)c([N+](=O)[O-])c1. The molecule has 0 unspecified atom stereocenters. The van der Waals surface area contributed by atoms with Crippen molar-refractivity contribution >= 4 is 52.2 Å². The fourth-order valence-corrected chi connectivity index (χ4v) is 3.88. The van der Waals surface area contributed by atoms with Gasteiger partial charge in [-0.3, -0.25) is 14.9 Å². The molecule has 0 aliphatic carbocycles. The molecule has 2 aromatic carbocycles. The van der Waals surface area contributed by atoms with Gasteiger partial charge in [0.05, 0.1) is 23.5 Å². The van der Waals surface area contributed by atoms with Gasteiger partial charge in [0.15, 0.2) is 5.11 Å². The molecule has 2 aromatic rings. The van der Waals surface area contributed by atoms with Crippen LogP contribution in [-0.4, -0.2) is 59.6 Å². The van der Waals surface area contributed by atoms with Gasteiger partial charge in [0.1, 0.15) is 5.69 Å². The maximum Gasteiger partial charge on any atom is 0.338 e. The van der Waals surface area contributed by atoms with Crippen LogP contribution in [0.2, 0.25) is 5.02 Å². The van der Waals surface area contributed by atoms with E-state index < -0.39 is 10.9 Å². The Morgan fingerprint density at radius 3 is 2.42 bits per heavy atom. The summed E-state index contributed by atoms with van der Waals surface area (Å²) in [6.07, 6.45) is 0.177. The van der Waals surface area contributed by atoms with Gasteiger partial charge < -0.3 is 19.9 Å². The molecule has 3 rings (SSSR count). The summed E-state index contributed by atoms with van der Waals surface area (Å²) in [5.74, 6) is -0.827. The van der Waals surface area contributed by atoms with E-state index in [1.807, 2.05) is 9.80 Å². The van der Waals surface area contributed by atoms with E-state index in [0.717, 1.165) is 5.56 Å². The van der Waals surface area contributed by atoms with Crippen molar-refractivity contribution in [1.82, 2.24) is 10.2 Å². The van der Waals surface area contributed by atoms with Gasteiger partial charge in [0, 0.05) is 37.3 Å². The number of nitro benzene ring substituents is 1. The van der Waals surface area contributed by atoms with E-state index in [-0.39, 0.29) is 30.2 Å². The van der Waals surface area contributed by atoms with Crippen molar-refractivity contribution in [3.05, 3.63) is 68.7 Å². The minimum absolute atomic E-state index is 0.135. The van der Waals surface area contributed by atoms with Crippen molar-refractivity contribution < 1.29 is 19.2 Å². The van der Waals surface area contributed by atoms with Gasteiger partial charge >= 0.3 is 5.97 Å². The number of carbonyl (C=O) groups is 2. The Bertz CT molecular complexity index is 1060. The number of esters is 1. The van der Waals surface area contributed by atoms with E-state index in [2.05, 4.69) is 5.32 Å². The average molecular weight is 491 g/mol. The lowest BCUT2D eigenvalue weighted by Crippen LogP contribution is -2.53. The number of benzene rings is 2. The van der Waals surface area contributed by atoms with E-state index in [4.69, 9.17) is 28.6 Å². The fourth-order valence-electron chi connectivity index (χ4n) is 3.46. The fraction of sp³-hybridized carbons (Fsp3) is 0.318. The van der Waals surface area contributed by atoms with E-state index in [0.29, 0.717) is 42.0 Å². The highest BCUT2D eigenvalue weighted by Crippen LogP contribution is 2.30. The molecule has 9 nitrogen and oxygen atoms in total. The van der Waals surface area contributed by atoms with Crippen molar-refractivity contribution in [2.24, 2.45) is 0 Å². The van der Waals surface area contributed by atoms with Gasteiger partial charge in [-0.2, -0.15) is 0 Å². The summed E-state index contributed by atoms with van der Waals surface area (Å²) in [7, 11) is 0. The molecule has 11 heteroatoms. The summed E-state index contributed by atoms with van der Waals surface area (Å²) in [4.78, 5) is 39.0. The van der Waals surface area contributed by atoms with Crippen LogP contribution in [0.15, 0.2) is 42.5 Å². The van der Waals surface area contributed by atoms with E-state index in [1.54, 1.807) is 37.3 Å². The summed E-state index contributed by atoms with van der Waals surface area (Å²) in [5, 5.41) is 15.3. The van der Waals surface area contributed by atoms with Crippen LogP contribution >= 0.6 is 23.8 Å². The number of nitrogens with zero attached hydrogens (tertiary/aromatic N) is 3. The Hall–Kier alpha value is -3.24. The molecule has 1 fully saturated rings. The number of nitro groups is 1.